The summed E-state index contributed by atoms with van der Waals surface area (Å²) in [7, 11) is 0. The summed E-state index contributed by atoms with van der Waals surface area (Å²) >= 11 is 2.88. The minimum absolute atomic E-state index is 0.158. The van der Waals surface area contributed by atoms with Crippen molar-refractivity contribution < 1.29 is 31.8 Å². The van der Waals surface area contributed by atoms with Crippen molar-refractivity contribution in [1.29, 1.82) is 0 Å². The van der Waals surface area contributed by atoms with Gasteiger partial charge in [0.05, 0.1) is 17.9 Å². The van der Waals surface area contributed by atoms with Crippen LogP contribution in [-0.4, -0.2) is 24.2 Å². The maximum Gasteiger partial charge on any atom is 0.419 e. The Morgan fingerprint density at radius 3 is 2.55 bits per heavy atom. The SMILES string of the molecule is CCOC(=O)COc1ccc(SCc2sc(-c3ccc(C(F)(F)F)c(F)c3)nc2C)cc1C. The van der Waals surface area contributed by atoms with Crippen LogP contribution in [0.1, 0.15) is 28.6 Å². The number of thiazole rings is 1. The van der Waals surface area contributed by atoms with Gasteiger partial charge in [0, 0.05) is 21.1 Å². The van der Waals surface area contributed by atoms with Crippen molar-refractivity contribution in [1.82, 2.24) is 4.98 Å². The van der Waals surface area contributed by atoms with Crippen LogP contribution >= 0.6 is 23.1 Å². The monoisotopic (exact) mass is 499 g/mol. The van der Waals surface area contributed by atoms with Crippen LogP contribution in [0, 0.1) is 19.7 Å². The van der Waals surface area contributed by atoms with Gasteiger partial charge in [0.1, 0.15) is 16.6 Å². The Morgan fingerprint density at radius 1 is 1.15 bits per heavy atom. The second-order valence-corrected chi connectivity index (χ2v) is 9.16. The fraction of sp³-hybridized carbons (Fsp3) is 0.304. The Bertz CT molecular complexity index is 1150. The molecule has 0 saturated heterocycles. The summed E-state index contributed by atoms with van der Waals surface area (Å²) in [5.41, 5.74) is 0.629. The van der Waals surface area contributed by atoms with Crippen LogP contribution in [0.2, 0.25) is 0 Å². The lowest BCUT2D eigenvalue weighted by molar-refractivity contribution is -0.145. The van der Waals surface area contributed by atoms with Crippen LogP contribution in [-0.2, 0) is 21.5 Å². The highest BCUT2D eigenvalue weighted by Crippen LogP contribution is 2.37. The van der Waals surface area contributed by atoms with E-state index in [-0.39, 0.29) is 6.61 Å². The molecule has 0 N–H and O–H groups in total. The van der Waals surface area contributed by atoms with Gasteiger partial charge >= 0.3 is 12.1 Å². The molecule has 0 aliphatic carbocycles. The standard InChI is InChI=1S/C23H21F4NO3S2/c1-4-30-21(29)11-31-19-8-6-16(9-13(19)2)32-12-20-14(3)28-22(33-20)15-5-7-17(18(24)10-15)23(25,26)27/h5-10H,4,11-12H2,1-3H3. The average Bonchev–Trinajstić information content (AvgIpc) is 3.11. The van der Waals surface area contributed by atoms with Gasteiger partial charge in [-0.05, 0) is 56.7 Å². The summed E-state index contributed by atoms with van der Waals surface area (Å²) in [6.45, 7) is 5.55. The van der Waals surface area contributed by atoms with E-state index in [0.717, 1.165) is 33.2 Å². The van der Waals surface area contributed by atoms with Gasteiger partial charge in [-0.3, -0.25) is 0 Å². The van der Waals surface area contributed by atoms with E-state index in [1.165, 1.54) is 17.4 Å². The number of ether oxygens (including phenoxy) is 2. The summed E-state index contributed by atoms with van der Waals surface area (Å²) < 4.78 is 62.6. The molecule has 33 heavy (non-hydrogen) atoms. The van der Waals surface area contributed by atoms with E-state index in [0.29, 0.717) is 28.7 Å². The summed E-state index contributed by atoms with van der Waals surface area (Å²) in [6, 6.07) is 8.45. The second-order valence-electron chi connectivity index (χ2n) is 7.03. The second kappa shape index (κ2) is 10.6. The highest BCUT2D eigenvalue weighted by molar-refractivity contribution is 7.98. The molecule has 0 unspecified atom stereocenters. The fourth-order valence-corrected chi connectivity index (χ4v) is 5.12. The van der Waals surface area contributed by atoms with Crippen molar-refractivity contribution in [3.05, 3.63) is 63.9 Å². The normalized spacial score (nSPS) is 11.5. The number of aromatic nitrogens is 1. The van der Waals surface area contributed by atoms with Crippen LogP contribution in [0.4, 0.5) is 17.6 Å². The number of alkyl halides is 3. The lowest BCUT2D eigenvalue weighted by Gasteiger charge is -2.10. The Morgan fingerprint density at radius 2 is 1.91 bits per heavy atom. The fourth-order valence-electron chi connectivity index (χ4n) is 2.93. The Labute approximate surface area is 196 Å². The number of halogens is 4. The summed E-state index contributed by atoms with van der Waals surface area (Å²) in [5.74, 6) is -0.563. The van der Waals surface area contributed by atoms with Crippen molar-refractivity contribution in [2.45, 2.75) is 37.6 Å². The maximum atomic E-state index is 13.9. The predicted octanol–water partition coefficient (Wildman–Crippen LogP) is 6.82. The third-order valence-corrected chi connectivity index (χ3v) is 6.99. The molecule has 10 heteroatoms. The highest BCUT2D eigenvalue weighted by atomic mass is 32.2. The zero-order valence-corrected chi connectivity index (χ0v) is 19.7. The number of hydrogen-bond acceptors (Lipinski definition) is 6. The van der Waals surface area contributed by atoms with Gasteiger partial charge in [0.2, 0.25) is 0 Å². The van der Waals surface area contributed by atoms with Crippen LogP contribution in [0.3, 0.4) is 0 Å². The molecule has 3 aromatic rings. The first-order chi connectivity index (χ1) is 15.6. The first kappa shape index (κ1) is 25.0. The van der Waals surface area contributed by atoms with Crippen molar-refractivity contribution in [3.8, 4) is 16.3 Å². The first-order valence-electron chi connectivity index (χ1n) is 9.93. The molecule has 0 bridgehead atoms. The number of carbonyl (C=O) groups is 1. The lowest BCUT2D eigenvalue weighted by atomic mass is 10.1. The minimum Gasteiger partial charge on any atom is -0.482 e. The van der Waals surface area contributed by atoms with Gasteiger partial charge in [-0.2, -0.15) is 13.2 Å². The molecular formula is C23H21F4NO3S2. The molecule has 4 nitrogen and oxygen atoms in total. The number of nitrogens with zero attached hydrogens (tertiary/aromatic N) is 1. The molecular weight excluding hydrogens is 478 g/mol. The quantitative estimate of drug-likeness (QED) is 0.193. The molecule has 1 heterocycles. The van der Waals surface area contributed by atoms with E-state index < -0.39 is 23.5 Å². The average molecular weight is 500 g/mol. The molecule has 176 valence electrons. The predicted molar refractivity (Wildman–Crippen MR) is 120 cm³/mol. The van der Waals surface area contributed by atoms with Crippen LogP contribution < -0.4 is 4.74 Å². The molecule has 1 aromatic heterocycles. The smallest absolute Gasteiger partial charge is 0.419 e. The van der Waals surface area contributed by atoms with Gasteiger partial charge in [0.25, 0.3) is 0 Å². The number of aryl methyl sites for hydroxylation is 2. The Hall–Kier alpha value is -2.59. The number of carbonyl (C=O) groups excluding carboxylic acids is 1. The van der Waals surface area contributed by atoms with Crippen LogP contribution in [0.25, 0.3) is 10.6 Å². The summed E-state index contributed by atoms with van der Waals surface area (Å²) in [5, 5.41) is 0.467. The lowest BCUT2D eigenvalue weighted by Crippen LogP contribution is -2.14. The molecule has 0 aliphatic heterocycles. The largest absolute Gasteiger partial charge is 0.482 e. The van der Waals surface area contributed by atoms with E-state index in [4.69, 9.17) is 9.47 Å². The third-order valence-electron chi connectivity index (χ3n) is 4.58. The van der Waals surface area contributed by atoms with Crippen molar-refractivity contribution in [2.75, 3.05) is 13.2 Å². The van der Waals surface area contributed by atoms with E-state index in [2.05, 4.69) is 4.98 Å². The number of esters is 1. The zero-order valence-electron chi connectivity index (χ0n) is 18.1. The van der Waals surface area contributed by atoms with E-state index in [1.807, 2.05) is 26.0 Å². The number of thioether (sulfide) groups is 1. The van der Waals surface area contributed by atoms with Crippen molar-refractivity contribution in [2.24, 2.45) is 0 Å². The molecule has 2 aromatic carbocycles. The maximum absolute atomic E-state index is 13.9. The number of benzene rings is 2. The third kappa shape index (κ3) is 6.48. The number of hydrogen-bond donors (Lipinski definition) is 0. The molecule has 0 aliphatic rings. The molecule has 0 amide bonds. The Balaban J connectivity index is 1.67. The Kier molecular flexibility index (Phi) is 8.01. The van der Waals surface area contributed by atoms with Gasteiger partial charge in [0.15, 0.2) is 6.61 Å². The number of rotatable bonds is 8. The summed E-state index contributed by atoms with van der Waals surface area (Å²) in [4.78, 5) is 17.8. The van der Waals surface area contributed by atoms with E-state index in [9.17, 15) is 22.4 Å². The highest BCUT2D eigenvalue weighted by Gasteiger charge is 2.34. The van der Waals surface area contributed by atoms with Gasteiger partial charge in [-0.15, -0.1) is 23.1 Å². The van der Waals surface area contributed by atoms with E-state index in [1.54, 1.807) is 24.8 Å². The van der Waals surface area contributed by atoms with Gasteiger partial charge in [-0.25, -0.2) is 14.2 Å². The van der Waals surface area contributed by atoms with Gasteiger partial charge in [-0.1, -0.05) is 6.07 Å². The molecule has 0 radical (unpaired) electrons. The van der Waals surface area contributed by atoms with E-state index >= 15 is 0 Å². The van der Waals surface area contributed by atoms with Gasteiger partial charge < -0.3 is 9.47 Å². The molecule has 3 rings (SSSR count). The molecule has 0 fully saturated rings. The zero-order chi connectivity index (χ0) is 24.2. The molecule has 0 spiro atoms. The molecule has 0 atom stereocenters. The minimum atomic E-state index is -4.74. The first-order valence-corrected chi connectivity index (χ1v) is 11.7. The summed E-state index contributed by atoms with van der Waals surface area (Å²) in [6.07, 6.45) is -4.74. The van der Waals surface area contributed by atoms with Crippen molar-refractivity contribution in [3.63, 3.8) is 0 Å². The van der Waals surface area contributed by atoms with Crippen LogP contribution in [0.15, 0.2) is 41.3 Å². The molecule has 0 saturated carbocycles. The topological polar surface area (TPSA) is 48.4 Å². The van der Waals surface area contributed by atoms with Crippen molar-refractivity contribution >= 4 is 29.1 Å². The van der Waals surface area contributed by atoms with Crippen LogP contribution in [0.5, 0.6) is 5.75 Å².